The summed E-state index contributed by atoms with van der Waals surface area (Å²) in [4.78, 5) is 11.8. The fraction of sp³-hybridized carbons (Fsp3) is 0.950. The lowest BCUT2D eigenvalue weighted by molar-refractivity contribution is -0.121. The number of rotatable bonds is 17. The molecule has 23 heavy (non-hydrogen) atoms. The molecule has 0 aliphatic carbocycles. The van der Waals surface area contributed by atoms with Crippen LogP contribution in [0.15, 0.2) is 0 Å². The number of Topliss-reactive ketones (excluding diaryl/α,β-unsaturated/α-hetero) is 1. The highest BCUT2D eigenvalue weighted by molar-refractivity contribution is 5.82. The van der Waals surface area contributed by atoms with E-state index in [1.54, 1.807) is 0 Å². The third kappa shape index (κ3) is 14.9. The zero-order valence-electron chi connectivity index (χ0n) is 16.2. The van der Waals surface area contributed by atoms with Crippen LogP contribution in [0.25, 0.3) is 0 Å². The zero-order valence-corrected chi connectivity index (χ0v) is 16.2. The van der Waals surface area contributed by atoms with Crippen molar-refractivity contribution in [2.75, 3.05) is 26.3 Å². The average Bonchev–Trinajstić information content (AvgIpc) is 2.52. The first-order valence-electron chi connectivity index (χ1n) is 9.92. The second-order valence-corrected chi connectivity index (χ2v) is 7.04. The number of hydrogen-bond acceptors (Lipinski definition) is 3. The summed E-state index contributed by atoms with van der Waals surface area (Å²) in [6.45, 7) is 12.0. The maximum atomic E-state index is 11.8. The van der Waals surface area contributed by atoms with E-state index in [0.717, 1.165) is 51.4 Å². The molecule has 3 nitrogen and oxygen atoms in total. The second kappa shape index (κ2) is 16.4. The van der Waals surface area contributed by atoms with Crippen LogP contribution in [0.4, 0.5) is 0 Å². The molecule has 0 aliphatic heterocycles. The molecule has 0 spiro atoms. The summed E-state index contributed by atoms with van der Waals surface area (Å²) in [6.07, 6.45) is 10.7. The topological polar surface area (TPSA) is 38.3 Å². The van der Waals surface area contributed by atoms with Crippen LogP contribution in [0.1, 0.15) is 85.5 Å². The molecule has 1 N–H and O–H groups in total. The van der Waals surface area contributed by atoms with Gasteiger partial charge in [-0.2, -0.15) is 0 Å². The van der Waals surface area contributed by atoms with Gasteiger partial charge in [0.2, 0.25) is 0 Å². The van der Waals surface area contributed by atoms with Crippen molar-refractivity contribution in [3.05, 3.63) is 0 Å². The molecule has 0 bridgehead atoms. The smallest absolute Gasteiger partial charge is 0.149 e. The Bertz CT molecular complexity index is 268. The molecule has 0 aromatic rings. The Balaban J connectivity index is 3.23. The van der Waals surface area contributed by atoms with Crippen molar-refractivity contribution in [1.82, 2.24) is 5.32 Å². The molecule has 2 atom stereocenters. The van der Waals surface area contributed by atoms with Gasteiger partial charge in [0.15, 0.2) is 0 Å². The Labute approximate surface area is 144 Å². The van der Waals surface area contributed by atoms with E-state index in [1.165, 1.54) is 32.1 Å². The van der Waals surface area contributed by atoms with Gasteiger partial charge in [0.05, 0.1) is 6.54 Å². The molecular weight excluding hydrogens is 286 g/mol. The van der Waals surface area contributed by atoms with E-state index in [1.807, 2.05) is 6.92 Å². The molecule has 0 amide bonds. The van der Waals surface area contributed by atoms with Crippen LogP contribution >= 0.6 is 0 Å². The van der Waals surface area contributed by atoms with Crippen LogP contribution in [0, 0.1) is 11.8 Å². The molecule has 0 saturated carbocycles. The standard InChI is InChI=1S/C20H41NO2/c1-5-11-18(3)13-7-9-15-23-16-10-8-14-21-17-20(22)19(4)12-6-2/h18-19,21H,5-17H2,1-4H3. The van der Waals surface area contributed by atoms with Crippen molar-refractivity contribution in [3.8, 4) is 0 Å². The van der Waals surface area contributed by atoms with Gasteiger partial charge in [-0.1, -0.05) is 59.8 Å². The first kappa shape index (κ1) is 22.6. The van der Waals surface area contributed by atoms with Gasteiger partial charge >= 0.3 is 0 Å². The van der Waals surface area contributed by atoms with Gasteiger partial charge in [0.1, 0.15) is 5.78 Å². The molecule has 0 aromatic carbocycles. The molecule has 0 aliphatic rings. The molecule has 0 fully saturated rings. The third-order valence-electron chi connectivity index (χ3n) is 4.48. The first-order valence-corrected chi connectivity index (χ1v) is 9.92. The lowest BCUT2D eigenvalue weighted by Crippen LogP contribution is -2.28. The van der Waals surface area contributed by atoms with Gasteiger partial charge in [0, 0.05) is 19.1 Å². The molecule has 0 aromatic heterocycles. The van der Waals surface area contributed by atoms with Crippen LogP contribution in [-0.4, -0.2) is 32.1 Å². The average molecular weight is 328 g/mol. The summed E-state index contributed by atoms with van der Waals surface area (Å²) in [6, 6.07) is 0. The van der Waals surface area contributed by atoms with Gasteiger partial charge in [0.25, 0.3) is 0 Å². The summed E-state index contributed by atoms with van der Waals surface area (Å²) >= 11 is 0. The Morgan fingerprint density at radius 3 is 2.22 bits per heavy atom. The minimum absolute atomic E-state index is 0.205. The Kier molecular flexibility index (Phi) is 16.2. The molecule has 0 rings (SSSR count). The molecule has 2 unspecified atom stereocenters. The van der Waals surface area contributed by atoms with Crippen molar-refractivity contribution in [2.24, 2.45) is 11.8 Å². The molecule has 138 valence electrons. The molecular formula is C20H41NO2. The van der Waals surface area contributed by atoms with Gasteiger partial charge in [-0.25, -0.2) is 0 Å². The fourth-order valence-electron chi connectivity index (χ4n) is 2.87. The number of hydrogen-bond donors (Lipinski definition) is 1. The van der Waals surface area contributed by atoms with Crippen LogP contribution in [0.3, 0.4) is 0 Å². The van der Waals surface area contributed by atoms with Gasteiger partial charge in [-0.15, -0.1) is 0 Å². The third-order valence-corrected chi connectivity index (χ3v) is 4.48. The second-order valence-electron chi connectivity index (χ2n) is 7.04. The van der Waals surface area contributed by atoms with Crippen molar-refractivity contribution in [1.29, 1.82) is 0 Å². The van der Waals surface area contributed by atoms with Gasteiger partial charge in [-0.3, -0.25) is 4.79 Å². The van der Waals surface area contributed by atoms with E-state index in [-0.39, 0.29) is 5.92 Å². The predicted octanol–water partition coefficient (Wildman–Crippen LogP) is 4.98. The monoisotopic (exact) mass is 327 g/mol. The van der Waals surface area contributed by atoms with Gasteiger partial charge < -0.3 is 10.1 Å². The van der Waals surface area contributed by atoms with Crippen LogP contribution in [0.2, 0.25) is 0 Å². The Morgan fingerprint density at radius 2 is 1.57 bits per heavy atom. The highest BCUT2D eigenvalue weighted by Gasteiger charge is 2.10. The molecule has 0 saturated heterocycles. The van der Waals surface area contributed by atoms with Crippen molar-refractivity contribution in [3.63, 3.8) is 0 Å². The lowest BCUT2D eigenvalue weighted by atomic mass is 9.99. The first-order chi connectivity index (χ1) is 11.1. The van der Waals surface area contributed by atoms with E-state index < -0.39 is 0 Å². The number of carbonyl (C=O) groups excluding carboxylic acids is 1. The summed E-state index contributed by atoms with van der Waals surface area (Å²) in [7, 11) is 0. The number of nitrogens with one attached hydrogen (secondary N) is 1. The maximum absolute atomic E-state index is 11.8. The summed E-state index contributed by atoms with van der Waals surface area (Å²) < 4.78 is 5.68. The van der Waals surface area contributed by atoms with Crippen molar-refractivity contribution in [2.45, 2.75) is 85.5 Å². The molecule has 3 heteroatoms. The van der Waals surface area contributed by atoms with E-state index in [4.69, 9.17) is 4.74 Å². The highest BCUT2D eigenvalue weighted by Crippen LogP contribution is 2.13. The van der Waals surface area contributed by atoms with E-state index >= 15 is 0 Å². The summed E-state index contributed by atoms with van der Waals surface area (Å²) in [5.74, 6) is 1.42. The lowest BCUT2D eigenvalue weighted by Gasteiger charge is -2.10. The largest absolute Gasteiger partial charge is 0.381 e. The van der Waals surface area contributed by atoms with Crippen LogP contribution in [0.5, 0.6) is 0 Å². The number of ketones is 1. The van der Waals surface area contributed by atoms with Gasteiger partial charge in [-0.05, 0) is 38.1 Å². The fourth-order valence-corrected chi connectivity index (χ4v) is 2.87. The Hall–Kier alpha value is -0.410. The molecule has 0 heterocycles. The minimum Gasteiger partial charge on any atom is -0.381 e. The maximum Gasteiger partial charge on any atom is 0.149 e. The van der Waals surface area contributed by atoms with Crippen molar-refractivity contribution < 1.29 is 9.53 Å². The Morgan fingerprint density at radius 1 is 0.913 bits per heavy atom. The van der Waals surface area contributed by atoms with Crippen LogP contribution < -0.4 is 5.32 Å². The highest BCUT2D eigenvalue weighted by atomic mass is 16.5. The van der Waals surface area contributed by atoms with E-state index in [2.05, 4.69) is 26.1 Å². The SMILES string of the molecule is CCCC(C)CCCCOCCCCNCC(=O)C(C)CCC. The molecule has 0 radical (unpaired) electrons. The minimum atomic E-state index is 0.205. The quantitative estimate of drug-likeness (QED) is 0.383. The predicted molar refractivity (Wildman–Crippen MR) is 99.9 cm³/mol. The number of ether oxygens (including phenoxy) is 1. The number of carbonyl (C=O) groups is 1. The van der Waals surface area contributed by atoms with Crippen LogP contribution in [-0.2, 0) is 9.53 Å². The summed E-state index contributed by atoms with van der Waals surface area (Å²) in [5.41, 5.74) is 0. The van der Waals surface area contributed by atoms with E-state index in [9.17, 15) is 4.79 Å². The normalized spacial score (nSPS) is 13.9. The van der Waals surface area contributed by atoms with E-state index in [0.29, 0.717) is 12.3 Å². The van der Waals surface area contributed by atoms with Crippen molar-refractivity contribution >= 4 is 5.78 Å². The zero-order chi connectivity index (χ0) is 17.3. The number of unbranched alkanes of at least 4 members (excludes halogenated alkanes) is 2. The summed E-state index contributed by atoms with van der Waals surface area (Å²) in [5, 5.41) is 3.25.